The summed E-state index contributed by atoms with van der Waals surface area (Å²) in [6.45, 7) is 0.556. The summed E-state index contributed by atoms with van der Waals surface area (Å²) in [5, 5.41) is 13.4. The predicted molar refractivity (Wildman–Crippen MR) is 63.1 cm³/mol. The molecular weight excluding hydrogens is 208 g/mol. The second kappa shape index (κ2) is 5.82. The van der Waals surface area contributed by atoms with Crippen LogP contribution in [0.2, 0.25) is 0 Å². The van der Waals surface area contributed by atoms with Crippen molar-refractivity contribution >= 4 is 17.6 Å². The molecule has 1 aromatic heterocycles. The Bertz CT molecular complexity index is 404. The van der Waals surface area contributed by atoms with Crippen LogP contribution in [0.4, 0.5) is 11.5 Å². The van der Waals surface area contributed by atoms with Crippen LogP contribution in [0.5, 0.6) is 0 Å². The minimum absolute atomic E-state index is 0.0302. The van der Waals surface area contributed by atoms with Crippen molar-refractivity contribution in [1.29, 1.82) is 0 Å². The number of aromatic nitrogens is 1. The maximum absolute atomic E-state index is 10.7. The molecule has 0 bridgehead atoms. The lowest BCUT2D eigenvalue weighted by Gasteiger charge is -2.01. The zero-order valence-electron chi connectivity index (χ0n) is 9.01. The Morgan fingerprint density at radius 1 is 1.69 bits per heavy atom. The Labute approximate surface area is 93.3 Å². The highest BCUT2D eigenvalue weighted by Crippen LogP contribution is 2.22. The molecule has 1 rings (SSSR count). The molecule has 0 saturated heterocycles. The van der Waals surface area contributed by atoms with Crippen molar-refractivity contribution in [3.8, 4) is 0 Å². The van der Waals surface area contributed by atoms with Gasteiger partial charge in [-0.2, -0.15) is 0 Å². The maximum atomic E-state index is 10.7. The van der Waals surface area contributed by atoms with Gasteiger partial charge in [0.25, 0.3) is 0 Å². The minimum atomic E-state index is -0.459. The zero-order chi connectivity index (χ0) is 12.0. The fraction of sp³-hybridized carbons (Fsp3) is 0.300. The highest BCUT2D eigenvalue weighted by atomic mass is 16.6. The minimum Gasteiger partial charge on any atom is -0.367 e. The van der Waals surface area contributed by atoms with Gasteiger partial charge in [0.2, 0.25) is 5.82 Å². The molecule has 0 saturated carbocycles. The standard InChI is InChI=1S/C10H14N4O2/c1-12-10-9(14(15)16)6-8(7-13-10)4-2-3-5-11/h2,4,6-7H,3,5,11H2,1H3,(H,12,13)/b4-2+. The van der Waals surface area contributed by atoms with E-state index in [2.05, 4.69) is 10.3 Å². The van der Waals surface area contributed by atoms with E-state index in [0.29, 0.717) is 12.1 Å². The lowest BCUT2D eigenvalue weighted by molar-refractivity contribution is -0.384. The van der Waals surface area contributed by atoms with E-state index in [1.165, 1.54) is 6.07 Å². The second-order valence-corrected chi connectivity index (χ2v) is 3.12. The molecule has 86 valence electrons. The highest BCUT2D eigenvalue weighted by Gasteiger charge is 2.13. The third-order valence-electron chi connectivity index (χ3n) is 1.97. The van der Waals surface area contributed by atoms with Gasteiger partial charge >= 0.3 is 5.69 Å². The van der Waals surface area contributed by atoms with Crippen molar-refractivity contribution in [3.05, 3.63) is 34.0 Å². The van der Waals surface area contributed by atoms with Crippen LogP contribution in [0.3, 0.4) is 0 Å². The molecule has 0 atom stereocenters. The number of rotatable bonds is 5. The van der Waals surface area contributed by atoms with Gasteiger partial charge in [0, 0.05) is 19.3 Å². The van der Waals surface area contributed by atoms with Gasteiger partial charge in [-0.15, -0.1) is 0 Å². The van der Waals surface area contributed by atoms with Crippen molar-refractivity contribution in [2.45, 2.75) is 6.42 Å². The molecule has 6 nitrogen and oxygen atoms in total. The van der Waals surface area contributed by atoms with Crippen LogP contribution in [0.25, 0.3) is 6.08 Å². The number of nitrogens with zero attached hydrogens (tertiary/aromatic N) is 2. The highest BCUT2D eigenvalue weighted by molar-refractivity contribution is 5.61. The summed E-state index contributed by atoms with van der Waals surface area (Å²) < 4.78 is 0. The van der Waals surface area contributed by atoms with Crippen LogP contribution in [0.15, 0.2) is 18.3 Å². The monoisotopic (exact) mass is 222 g/mol. The number of nitro groups is 1. The van der Waals surface area contributed by atoms with Crippen LogP contribution >= 0.6 is 0 Å². The average Bonchev–Trinajstić information content (AvgIpc) is 2.29. The van der Waals surface area contributed by atoms with Gasteiger partial charge in [0.1, 0.15) is 0 Å². The number of hydrogen-bond donors (Lipinski definition) is 2. The summed E-state index contributed by atoms with van der Waals surface area (Å²) in [5.41, 5.74) is 5.99. The van der Waals surface area contributed by atoms with Crippen molar-refractivity contribution in [3.63, 3.8) is 0 Å². The molecule has 1 aromatic rings. The lowest BCUT2D eigenvalue weighted by Crippen LogP contribution is -1.99. The predicted octanol–water partition coefficient (Wildman–Crippen LogP) is 1.39. The van der Waals surface area contributed by atoms with E-state index in [1.807, 2.05) is 6.08 Å². The number of anilines is 1. The third-order valence-corrected chi connectivity index (χ3v) is 1.97. The molecule has 0 aliphatic rings. The molecule has 0 aliphatic heterocycles. The van der Waals surface area contributed by atoms with Crippen LogP contribution in [0, 0.1) is 10.1 Å². The van der Waals surface area contributed by atoms with E-state index in [-0.39, 0.29) is 11.5 Å². The van der Waals surface area contributed by atoms with Gasteiger partial charge < -0.3 is 11.1 Å². The molecule has 0 aromatic carbocycles. The Hall–Kier alpha value is -1.95. The Morgan fingerprint density at radius 2 is 2.44 bits per heavy atom. The first-order valence-corrected chi connectivity index (χ1v) is 4.88. The molecule has 0 unspecified atom stereocenters. The molecule has 1 heterocycles. The van der Waals surface area contributed by atoms with Crippen molar-refractivity contribution in [2.24, 2.45) is 5.73 Å². The molecule has 0 fully saturated rings. The van der Waals surface area contributed by atoms with Crippen LogP contribution < -0.4 is 11.1 Å². The Balaban J connectivity index is 2.98. The van der Waals surface area contributed by atoms with Crippen LogP contribution in [0.1, 0.15) is 12.0 Å². The molecule has 16 heavy (non-hydrogen) atoms. The number of nitrogens with one attached hydrogen (secondary N) is 1. The van der Waals surface area contributed by atoms with Crippen molar-refractivity contribution in [2.75, 3.05) is 18.9 Å². The fourth-order valence-electron chi connectivity index (χ4n) is 1.21. The first-order chi connectivity index (χ1) is 7.69. The normalized spacial score (nSPS) is 10.6. The fourth-order valence-corrected chi connectivity index (χ4v) is 1.21. The summed E-state index contributed by atoms with van der Waals surface area (Å²) >= 11 is 0. The van der Waals surface area contributed by atoms with Gasteiger partial charge in [0.15, 0.2) is 0 Å². The summed E-state index contributed by atoms with van der Waals surface area (Å²) in [7, 11) is 1.60. The Morgan fingerprint density at radius 3 is 3.00 bits per heavy atom. The molecule has 0 spiro atoms. The molecule has 0 aliphatic carbocycles. The molecule has 3 N–H and O–H groups in total. The third kappa shape index (κ3) is 3.03. The maximum Gasteiger partial charge on any atom is 0.311 e. The summed E-state index contributed by atoms with van der Waals surface area (Å²) in [6, 6.07) is 1.48. The second-order valence-electron chi connectivity index (χ2n) is 3.12. The van der Waals surface area contributed by atoms with E-state index in [9.17, 15) is 10.1 Å². The smallest absolute Gasteiger partial charge is 0.311 e. The van der Waals surface area contributed by atoms with E-state index >= 15 is 0 Å². The first kappa shape index (κ1) is 12.1. The van der Waals surface area contributed by atoms with E-state index < -0.39 is 4.92 Å². The summed E-state index contributed by atoms with van der Waals surface area (Å²) in [4.78, 5) is 14.2. The lowest BCUT2D eigenvalue weighted by atomic mass is 10.2. The summed E-state index contributed by atoms with van der Waals surface area (Å²) in [6.07, 6.45) is 5.94. The van der Waals surface area contributed by atoms with Crippen LogP contribution in [-0.2, 0) is 0 Å². The van der Waals surface area contributed by atoms with Crippen molar-refractivity contribution in [1.82, 2.24) is 4.98 Å². The van der Waals surface area contributed by atoms with E-state index in [1.54, 1.807) is 19.3 Å². The van der Waals surface area contributed by atoms with Crippen LogP contribution in [-0.4, -0.2) is 23.5 Å². The Kier molecular flexibility index (Phi) is 4.41. The SMILES string of the molecule is CNc1ncc(/C=C/CCN)cc1[N+](=O)[O-]. The van der Waals surface area contributed by atoms with Gasteiger partial charge in [0.05, 0.1) is 4.92 Å². The topological polar surface area (TPSA) is 94.1 Å². The molecule has 0 amide bonds. The molecule has 6 heteroatoms. The summed E-state index contributed by atoms with van der Waals surface area (Å²) in [5.74, 6) is 0.265. The molecule has 0 radical (unpaired) electrons. The largest absolute Gasteiger partial charge is 0.367 e. The van der Waals surface area contributed by atoms with Gasteiger partial charge in [-0.1, -0.05) is 12.2 Å². The van der Waals surface area contributed by atoms with E-state index in [0.717, 1.165) is 6.42 Å². The van der Waals surface area contributed by atoms with Crippen molar-refractivity contribution < 1.29 is 4.92 Å². The molecular formula is C10H14N4O2. The van der Waals surface area contributed by atoms with Gasteiger partial charge in [-0.3, -0.25) is 10.1 Å². The number of hydrogen-bond acceptors (Lipinski definition) is 5. The van der Waals surface area contributed by atoms with Gasteiger partial charge in [-0.25, -0.2) is 4.98 Å². The first-order valence-electron chi connectivity index (χ1n) is 4.88. The number of nitrogens with two attached hydrogens (primary N) is 1. The number of pyridine rings is 1. The average molecular weight is 222 g/mol. The van der Waals surface area contributed by atoms with Gasteiger partial charge in [-0.05, 0) is 18.5 Å². The zero-order valence-corrected chi connectivity index (χ0v) is 9.01. The van der Waals surface area contributed by atoms with E-state index in [4.69, 9.17) is 5.73 Å². The quantitative estimate of drug-likeness (QED) is 0.580.